The van der Waals surface area contributed by atoms with Gasteiger partial charge in [0.2, 0.25) is 0 Å². The summed E-state index contributed by atoms with van der Waals surface area (Å²) in [4.78, 5) is 16.5. The molecule has 0 aliphatic heterocycles. The molecule has 25 heavy (non-hydrogen) atoms. The molecule has 0 spiro atoms. The van der Waals surface area contributed by atoms with Crippen LogP contribution < -0.4 is 11.1 Å². The lowest BCUT2D eigenvalue weighted by molar-refractivity contribution is 1.10. The summed E-state index contributed by atoms with van der Waals surface area (Å²) in [5.74, 6) is 0.398. The molecular weight excluding hydrogens is 314 g/mol. The van der Waals surface area contributed by atoms with Crippen molar-refractivity contribution < 1.29 is 0 Å². The number of imidazole rings is 1. The molecule has 0 saturated heterocycles. The van der Waals surface area contributed by atoms with E-state index >= 15 is 0 Å². The highest BCUT2D eigenvalue weighted by Gasteiger charge is 2.08. The molecule has 0 bridgehead atoms. The van der Waals surface area contributed by atoms with Crippen molar-refractivity contribution in [1.82, 2.24) is 24.7 Å². The van der Waals surface area contributed by atoms with E-state index in [0.29, 0.717) is 11.5 Å². The molecule has 0 unspecified atom stereocenters. The number of fused-ring (bicyclic) bond motifs is 2. The van der Waals surface area contributed by atoms with Gasteiger partial charge in [-0.3, -0.25) is 4.98 Å². The van der Waals surface area contributed by atoms with E-state index in [1.165, 1.54) is 0 Å². The Labute approximate surface area is 143 Å². The van der Waals surface area contributed by atoms with Crippen LogP contribution in [0.25, 0.3) is 27.8 Å². The Morgan fingerprint density at radius 3 is 3.12 bits per heavy atom. The fourth-order valence-corrected chi connectivity index (χ4v) is 2.69. The third-order valence-corrected chi connectivity index (χ3v) is 3.87. The fourth-order valence-electron chi connectivity index (χ4n) is 2.69. The second-order valence-corrected chi connectivity index (χ2v) is 5.57. The topological polar surface area (TPSA) is 96.4 Å². The number of aromatic amines is 1. The first kappa shape index (κ1) is 14.9. The van der Waals surface area contributed by atoms with Crippen LogP contribution in [0.5, 0.6) is 0 Å². The molecule has 4 N–H and O–H groups in total. The Bertz CT molecular complexity index is 1100. The number of nitrogens with two attached hydrogens (primary N) is 1. The number of nitrogens with zero attached hydrogens (tertiary/aromatic N) is 4. The summed E-state index contributed by atoms with van der Waals surface area (Å²) in [6, 6.07) is 5.98. The first-order valence-corrected chi connectivity index (χ1v) is 7.83. The molecule has 0 saturated carbocycles. The van der Waals surface area contributed by atoms with Crippen LogP contribution in [0.2, 0.25) is 0 Å². The van der Waals surface area contributed by atoms with Crippen molar-refractivity contribution in [2.45, 2.75) is 0 Å². The number of hydrogen-bond donors (Lipinski definition) is 3. The van der Waals surface area contributed by atoms with Crippen LogP contribution in [0.15, 0.2) is 66.5 Å². The molecule has 7 heteroatoms. The Morgan fingerprint density at radius 2 is 2.24 bits per heavy atom. The molecule has 4 aromatic rings. The van der Waals surface area contributed by atoms with E-state index in [1.54, 1.807) is 25.5 Å². The molecule has 0 amide bonds. The van der Waals surface area contributed by atoms with Crippen LogP contribution in [0.3, 0.4) is 0 Å². The second kappa shape index (κ2) is 6.12. The highest BCUT2D eigenvalue weighted by atomic mass is 15.0. The van der Waals surface area contributed by atoms with Gasteiger partial charge in [0.05, 0.1) is 11.0 Å². The van der Waals surface area contributed by atoms with Gasteiger partial charge >= 0.3 is 0 Å². The van der Waals surface area contributed by atoms with Crippen LogP contribution in [0.1, 0.15) is 0 Å². The molecule has 0 radical (unpaired) electrons. The number of aromatic nitrogens is 4. The third kappa shape index (κ3) is 2.83. The van der Waals surface area contributed by atoms with E-state index < -0.39 is 0 Å². The third-order valence-electron chi connectivity index (χ3n) is 3.87. The van der Waals surface area contributed by atoms with Gasteiger partial charge in [-0.2, -0.15) is 0 Å². The van der Waals surface area contributed by atoms with E-state index in [0.717, 1.165) is 27.8 Å². The second-order valence-electron chi connectivity index (χ2n) is 5.57. The zero-order valence-corrected chi connectivity index (χ0v) is 13.6. The molecule has 0 aromatic carbocycles. The van der Waals surface area contributed by atoms with E-state index in [1.807, 2.05) is 41.3 Å². The quantitative estimate of drug-likeness (QED) is 0.395. The minimum Gasteiger partial charge on any atom is -0.394 e. The van der Waals surface area contributed by atoms with Crippen molar-refractivity contribution in [3.8, 4) is 11.1 Å². The summed E-state index contributed by atoms with van der Waals surface area (Å²) in [7, 11) is 1.81. The highest BCUT2D eigenvalue weighted by Crippen LogP contribution is 2.28. The number of aliphatic imine (C=N–C) groups is 1. The molecule has 0 fully saturated rings. The number of hydrogen-bond acceptors (Lipinski definition) is 4. The van der Waals surface area contributed by atoms with Gasteiger partial charge in [0, 0.05) is 49.2 Å². The summed E-state index contributed by atoms with van der Waals surface area (Å²) < 4.78 is 1.93. The van der Waals surface area contributed by atoms with E-state index in [9.17, 15) is 0 Å². The Kier molecular flexibility index (Phi) is 3.66. The minimum absolute atomic E-state index is 0.398. The fraction of sp³-hybridized carbons (Fsp3) is 0.0556. The zero-order chi connectivity index (χ0) is 17.2. The number of nitrogens with one attached hydrogen (secondary N) is 2. The molecule has 4 heterocycles. The number of pyridine rings is 2. The van der Waals surface area contributed by atoms with Gasteiger partial charge in [-0.15, -0.1) is 0 Å². The van der Waals surface area contributed by atoms with Crippen molar-refractivity contribution in [3.05, 3.63) is 61.5 Å². The Morgan fingerprint density at radius 1 is 1.32 bits per heavy atom. The largest absolute Gasteiger partial charge is 0.394 e. The van der Waals surface area contributed by atoms with Gasteiger partial charge in [-0.1, -0.05) is 0 Å². The summed E-state index contributed by atoms with van der Waals surface area (Å²) in [5, 5.41) is 2.89. The minimum atomic E-state index is 0.398. The maximum atomic E-state index is 5.97. The summed E-state index contributed by atoms with van der Waals surface area (Å²) in [5.41, 5.74) is 11.3. The first-order valence-electron chi connectivity index (χ1n) is 7.83. The predicted molar refractivity (Wildman–Crippen MR) is 99.8 cm³/mol. The lowest BCUT2D eigenvalue weighted by Gasteiger charge is -2.06. The van der Waals surface area contributed by atoms with E-state index in [-0.39, 0.29) is 0 Å². The lowest BCUT2D eigenvalue weighted by atomic mass is 10.1. The van der Waals surface area contributed by atoms with Crippen LogP contribution in [0, 0.1) is 0 Å². The van der Waals surface area contributed by atoms with Crippen LogP contribution in [-0.2, 0) is 0 Å². The molecule has 124 valence electrons. The normalized spacial score (nSPS) is 12.4. The van der Waals surface area contributed by atoms with Crippen LogP contribution in [-0.4, -0.2) is 32.2 Å². The highest BCUT2D eigenvalue weighted by molar-refractivity contribution is 5.95. The standard InChI is InChI=1S/C18H17N7/c1-20-4-3-17(19)24-16-9-13(11-25-7-6-22-18(16)25)12-8-15-14(23-10-12)2-5-21-15/h2-11,20-21H,1H3,(H2,19,24)/b4-3-. The van der Waals surface area contributed by atoms with Gasteiger partial charge < -0.3 is 20.4 Å². The van der Waals surface area contributed by atoms with Crippen molar-refractivity contribution in [3.63, 3.8) is 0 Å². The Hall–Kier alpha value is -3.61. The summed E-state index contributed by atoms with van der Waals surface area (Å²) in [6.45, 7) is 0. The molecular formula is C18H17N7. The molecule has 7 nitrogen and oxygen atoms in total. The van der Waals surface area contributed by atoms with Crippen molar-refractivity contribution in [1.29, 1.82) is 0 Å². The molecule has 0 aliphatic rings. The van der Waals surface area contributed by atoms with Gasteiger partial charge in [0.1, 0.15) is 11.5 Å². The SMILES string of the molecule is CN/C=C\C(N)=Nc1cc(-c2cnc3cc[nH]c3c2)cn2ccnc12. The molecule has 0 atom stereocenters. The smallest absolute Gasteiger partial charge is 0.162 e. The number of amidine groups is 1. The summed E-state index contributed by atoms with van der Waals surface area (Å²) in [6.07, 6.45) is 12.8. The number of rotatable bonds is 4. The van der Waals surface area contributed by atoms with Gasteiger partial charge in [-0.25, -0.2) is 9.98 Å². The average Bonchev–Trinajstić information content (AvgIpc) is 3.27. The molecule has 4 rings (SSSR count). The van der Waals surface area contributed by atoms with Crippen molar-refractivity contribution >= 4 is 28.2 Å². The van der Waals surface area contributed by atoms with Crippen LogP contribution >= 0.6 is 0 Å². The number of H-pyrrole nitrogens is 1. The predicted octanol–water partition coefficient (Wildman–Crippen LogP) is 2.60. The molecule has 0 aliphatic carbocycles. The average molecular weight is 331 g/mol. The van der Waals surface area contributed by atoms with E-state index in [4.69, 9.17) is 5.73 Å². The van der Waals surface area contributed by atoms with E-state index in [2.05, 4.69) is 31.3 Å². The zero-order valence-electron chi connectivity index (χ0n) is 13.6. The maximum Gasteiger partial charge on any atom is 0.162 e. The maximum absolute atomic E-state index is 5.97. The van der Waals surface area contributed by atoms with Gasteiger partial charge in [0.25, 0.3) is 0 Å². The van der Waals surface area contributed by atoms with Crippen LogP contribution in [0.4, 0.5) is 5.69 Å². The van der Waals surface area contributed by atoms with Gasteiger partial charge in [-0.05, 0) is 30.5 Å². The molecule has 4 aromatic heterocycles. The van der Waals surface area contributed by atoms with Gasteiger partial charge in [0.15, 0.2) is 5.65 Å². The van der Waals surface area contributed by atoms with Crippen molar-refractivity contribution in [2.75, 3.05) is 7.05 Å². The summed E-state index contributed by atoms with van der Waals surface area (Å²) >= 11 is 0. The lowest BCUT2D eigenvalue weighted by Crippen LogP contribution is -2.08. The van der Waals surface area contributed by atoms with Crippen molar-refractivity contribution in [2.24, 2.45) is 10.7 Å². The Balaban J connectivity index is 1.86. The first-order chi connectivity index (χ1) is 12.2. The monoisotopic (exact) mass is 331 g/mol.